The summed E-state index contributed by atoms with van der Waals surface area (Å²) in [5, 5.41) is 10.1. The zero-order chi connectivity index (χ0) is 25.1. The summed E-state index contributed by atoms with van der Waals surface area (Å²) in [7, 11) is 1.57. The maximum Gasteiger partial charge on any atom is 0.290 e. The number of hydrogen-bond donors (Lipinski definition) is 1. The number of β-amino-alcohol motifs (C(OH)–C–C–N with tert-alkyl or cyclic N) is 1. The van der Waals surface area contributed by atoms with E-state index in [9.17, 15) is 14.7 Å². The van der Waals surface area contributed by atoms with Gasteiger partial charge in [-0.2, -0.15) is 0 Å². The minimum absolute atomic E-state index is 0.0307. The fourth-order valence-corrected chi connectivity index (χ4v) is 4.84. The number of aliphatic hydroxyl groups excluding tert-OH is 1. The Balaban J connectivity index is 1.78. The number of hydrogen-bond acceptors (Lipinski definition) is 6. The molecule has 2 aromatic carbocycles. The maximum absolute atomic E-state index is 13.7. The quantitative estimate of drug-likeness (QED) is 0.416. The lowest BCUT2D eigenvalue weighted by molar-refractivity contribution is 0.0691. The molecule has 1 aliphatic rings. The second-order valence-corrected chi connectivity index (χ2v) is 9.08. The molecule has 1 unspecified atom stereocenters. The van der Waals surface area contributed by atoms with Crippen molar-refractivity contribution >= 4 is 16.9 Å². The van der Waals surface area contributed by atoms with Gasteiger partial charge in [0.1, 0.15) is 5.58 Å². The summed E-state index contributed by atoms with van der Waals surface area (Å²) in [4.78, 5) is 28.5. The van der Waals surface area contributed by atoms with Crippen molar-refractivity contribution in [3.63, 3.8) is 0 Å². The van der Waals surface area contributed by atoms with Gasteiger partial charge in [0, 0.05) is 6.54 Å². The molecule has 0 bridgehead atoms. The van der Waals surface area contributed by atoms with Gasteiger partial charge in [0.25, 0.3) is 5.91 Å². The summed E-state index contributed by atoms with van der Waals surface area (Å²) >= 11 is 0. The van der Waals surface area contributed by atoms with Gasteiger partial charge < -0.3 is 23.9 Å². The minimum atomic E-state index is -0.696. The molecule has 0 saturated heterocycles. The molecule has 0 spiro atoms. The van der Waals surface area contributed by atoms with Crippen LogP contribution >= 0.6 is 0 Å². The van der Waals surface area contributed by atoms with Gasteiger partial charge in [-0.1, -0.05) is 38.3 Å². The van der Waals surface area contributed by atoms with Gasteiger partial charge in [0.05, 0.1) is 37.3 Å². The normalized spacial score (nSPS) is 15.1. The number of nitrogens with zero attached hydrogens (tertiary/aromatic N) is 1. The Labute approximate surface area is 205 Å². The lowest BCUT2D eigenvalue weighted by Crippen LogP contribution is -2.32. The van der Waals surface area contributed by atoms with Gasteiger partial charge in [0.15, 0.2) is 16.9 Å². The largest absolute Gasteiger partial charge is 0.493 e. The average Bonchev–Trinajstić information content (AvgIpc) is 3.12. The molecule has 1 aliphatic heterocycles. The van der Waals surface area contributed by atoms with Crippen LogP contribution in [0.4, 0.5) is 0 Å². The van der Waals surface area contributed by atoms with E-state index in [0.717, 1.165) is 30.4 Å². The number of carbonyl (C=O) groups excluding carboxylic acids is 1. The van der Waals surface area contributed by atoms with E-state index in [2.05, 4.69) is 6.92 Å². The van der Waals surface area contributed by atoms with Crippen molar-refractivity contribution in [2.45, 2.75) is 52.5 Å². The summed E-state index contributed by atoms with van der Waals surface area (Å²) in [5.74, 6) is 0.763. The van der Waals surface area contributed by atoms with E-state index >= 15 is 0 Å². The summed E-state index contributed by atoms with van der Waals surface area (Å²) < 4.78 is 17.6. The second-order valence-electron chi connectivity index (χ2n) is 9.08. The highest BCUT2D eigenvalue weighted by atomic mass is 16.5. The molecule has 0 aliphatic carbocycles. The van der Waals surface area contributed by atoms with Crippen LogP contribution < -0.4 is 14.9 Å². The number of aryl methyl sites for hydroxylation is 2. The van der Waals surface area contributed by atoms with Gasteiger partial charge in [-0.3, -0.25) is 9.59 Å². The lowest BCUT2D eigenvalue weighted by atomic mass is 9.97. The first-order chi connectivity index (χ1) is 16.9. The fraction of sp³-hybridized carbons (Fsp3) is 0.429. The van der Waals surface area contributed by atoms with Crippen LogP contribution in [0.2, 0.25) is 0 Å². The van der Waals surface area contributed by atoms with Crippen LogP contribution in [0.15, 0.2) is 39.5 Å². The Bertz CT molecular complexity index is 1290. The number of rotatable bonds is 10. The Morgan fingerprint density at radius 1 is 1.06 bits per heavy atom. The fourth-order valence-electron chi connectivity index (χ4n) is 4.84. The molecule has 186 valence electrons. The van der Waals surface area contributed by atoms with Crippen molar-refractivity contribution in [2.75, 3.05) is 26.9 Å². The SMILES string of the molecule is CCCCCCOc1ccc(C2c3c(oc4c(C)cc(C)cc4c3=O)C(=O)N2CCO)cc1OC. The van der Waals surface area contributed by atoms with Gasteiger partial charge >= 0.3 is 0 Å². The molecule has 4 rings (SSSR count). The predicted octanol–water partition coefficient (Wildman–Crippen LogP) is 4.92. The van der Waals surface area contributed by atoms with Crippen molar-refractivity contribution in [1.29, 1.82) is 0 Å². The molecule has 35 heavy (non-hydrogen) atoms. The van der Waals surface area contributed by atoms with Crippen LogP contribution in [-0.2, 0) is 0 Å². The van der Waals surface area contributed by atoms with E-state index in [-0.39, 0.29) is 29.9 Å². The molecule has 1 aromatic heterocycles. The first-order valence-corrected chi connectivity index (χ1v) is 12.2. The highest BCUT2D eigenvalue weighted by Crippen LogP contribution is 2.41. The third kappa shape index (κ3) is 4.65. The van der Waals surface area contributed by atoms with Crippen molar-refractivity contribution in [2.24, 2.45) is 0 Å². The van der Waals surface area contributed by atoms with Crippen molar-refractivity contribution < 1.29 is 23.8 Å². The van der Waals surface area contributed by atoms with E-state index in [0.29, 0.717) is 34.6 Å². The lowest BCUT2D eigenvalue weighted by Gasteiger charge is -2.25. The van der Waals surface area contributed by atoms with E-state index in [1.54, 1.807) is 19.2 Å². The highest BCUT2D eigenvalue weighted by molar-refractivity contribution is 5.99. The zero-order valence-electron chi connectivity index (χ0n) is 20.8. The van der Waals surface area contributed by atoms with Crippen LogP contribution in [0, 0.1) is 13.8 Å². The van der Waals surface area contributed by atoms with E-state index in [4.69, 9.17) is 13.9 Å². The number of fused-ring (bicyclic) bond motifs is 2. The molecule has 3 aromatic rings. The molecule has 1 N–H and O–H groups in total. The highest BCUT2D eigenvalue weighted by Gasteiger charge is 2.42. The van der Waals surface area contributed by atoms with E-state index in [1.807, 2.05) is 32.0 Å². The van der Waals surface area contributed by atoms with Crippen LogP contribution in [0.25, 0.3) is 11.0 Å². The molecule has 2 heterocycles. The molecule has 7 nitrogen and oxygen atoms in total. The third-order valence-electron chi connectivity index (χ3n) is 6.50. The monoisotopic (exact) mass is 479 g/mol. The van der Waals surface area contributed by atoms with Crippen LogP contribution in [0.5, 0.6) is 11.5 Å². The summed E-state index contributed by atoms with van der Waals surface area (Å²) in [6, 6.07) is 8.46. The van der Waals surface area contributed by atoms with Gasteiger partial charge in [-0.05, 0) is 55.2 Å². The van der Waals surface area contributed by atoms with Crippen molar-refractivity contribution in [3.05, 3.63) is 68.6 Å². The number of ether oxygens (including phenoxy) is 2. The molecule has 1 amide bonds. The third-order valence-corrected chi connectivity index (χ3v) is 6.50. The molecule has 0 fully saturated rings. The van der Waals surface area contributed by atoms with E-state index < -0.39 is 11.9 Å². The Morgan fingerprint density at radius 2 is 1.86 bits per heavy atom. The summed E-state index contributed by atoms with van der Waals surface area (Å²) in [5.41, 5.74) is 2.90. The molecule has 7 heteroatoms. The molecule has 1 atom stereocenters. The number of carbonyl (C=O) groups is 1. The van der Waals surface area contributed by atoms with Crippen LogP contribution in [0.1, 0.15) is 71.5 Å². The Morgan fingerprint density at radius 3 is 2.57 bits per heavy atom. The Kier molecular flexibility index (Phi) is 7.45. The summed E-state index contributed by atoms with van der Waals surface area (Å²) in [6.07, 6.45) is 4.40. The zero-order valence-corrected chi connectivity index (χ0v) is 20.8. The first-order valence-electron chi connectivity index (χ1n) is 12.2. The van der Waals surface area contributed by atoms with Gasteiger partial charge in [-0.25, -0.2) is 0 Å². The molecule has 0 radical (unpaired) electrons. The van der Waals surface area contributed by atoms with E-state index in [1.165, 1.54) is 11.3 Å². The van der Waals surface area contributed by atoms with Crippen molar-refractivity contribution in [3.8, 4) is 11.5 Å². The standard InChI is InChI=1S/C28H33NO6/c1-5-6-7-8-13-34-21-10-9-19(16-22(21)33-4)24-23-25(31)20-15-17(2)14-18(3)26(20)35-27(23)28(32)29(24)11-12-30/h9-10,14-16,24,30H,5-8,11-13H2,1-4H3. The van der Waals surface area contributed by atoms with Crippen LogP contribution in [0.3, 0.4) is 0 Å². The minimum Gasteiger partial charge on any atom is -0.493 e. The smallest absolute Gasteiger partial charge is 0.290 e. The van der Waals surface area contributed by atoms with Gasteiger partial charge in [0.2, 0.25) is 5.76 Å². The number of unbranched alkanes of at least 4 members (excludes halogenated alkanes) is 3. The van der Waals surface area contributed by atoms with Crippen molar-refractivity contribution in [1.82, 2.24) is 4.90 Å². The second kappa shape index (κ2) is 10.5. The van der Waals surface area contributed by atoms with Crippen LogP contribution in [-0.4, -0.2) is 42.8 Å². The number of aliphatic hydroxyl groups is 1. The topological polar surface area (TPSA) is 89.2 Å². The van der Waals surface area contributed by atoms with Gasteiger partial charge in [-0.15, -0.1) is 0 Å². The molecular weight excluding hydrogens is 446 g/mol. The maximum atomic E-state index is 13.7. The Hall–Kier alpha value is -3.32. The predicted molar refractivity (Wildman–Crippen MR) is 135 cm³/mol. The number of methoxy groups -OCH3 is 1. The molecule has 0 saturated carbocycles. The first kappa shape index (κ1) is 24.8. The molecular formula is C28H33NO6. The summed E-state index contributed by atoms with van der Waals surface area (Å²) in [6.45, 7) is 6.37. The average molecular weight is 480 g/mol. The number of benzene rings is 2. The number of amides is 1.